The van der Waals surface area contributed by atoms with Crippen molar-refractivity contribution < 1.29 is 4.39 Å². The second kappa shape index (κ2) is 6.17. The van der Waals surface area contributed by atoms with Crippen LogP contribution in [-0.2, 0) is 6.54 Å². The molecular weight excluding hydrogens is 293 g/mol. The highest BCUT2D eigenvalue weighted by atomic mass is 35.5. The first kappa shape index (κ1) is 13.9. The number of benzene rings is 2. The van der Waals surface area contributed by atoms with E-state index in [1.54, 1.807) is 0 Å². The number of halogens is 2. The van der Waals surface area contributed by atoms with Crippen molar-refractivity contribution in [1.82, 2.24) is 5.32 Å². The molecule has 0 amide bonds. The fourth-order valence-corrected chi connectivity index (χ4v) is 3.71. The van der Waals surface area contributed by atoms with Gasteiger partial charge < -0.3 is 5.32 Å². The summed E-state index contributed by atoms with van der Waals surface area (Å²) in [6.07, 6.45) is 1.08. The van der Waals surface area contributed by atoms with Gasteiger partial charge in [0.15, 0.2) is 0 Å². The summed E-state index contributed by atoms with van der Waals surface area (Å²) in [5.74, 6) is 0.912. The molecule has 1 nitrogen and oxygen atoms in total. The molecule has 0 saturated carbocycles. The number of hydrogen-bond acceptors (Lipinski definition) is 2. The summed E-state index contributed by atoms with van der Waals surface area (Å²) < 4.78 is 12.9. The third kappa shape index (κ3) is 3.17. The van der Waals surface area contributed by atoms with Gasteiger partial charge >= 0.3 is 0 Å². The molecule has 1 aliphatic rings. The van der Waals surface area contributed by atoms with E-state index in [4.69, 9.17) is 11.6 Å². The minimum Gasteiger partial charge on any atom is -0.306 e. The first-order chi connectivity index (χ1) is 9.72. The molecule has 0 fully saturated rings. The highest BCUT2D eigenvalue weighted by Gasteiger charge is 2.20. The Morgan fingerprint density at radius 2 is 2.00 bits per heavy atom. The van der Waals surface area contributed by atoms with E-state index in [2.05, 4.69) is 11.4 Å². The minimum absolute atomic E-state index is 0.194. The van der Waals surface area contributed by atoms with Gasteiger partial charge in [0.1, 0.15) is 5.82 Å². The van der Waals surface area contributed by atoms with Crippen LogP contribution in [-0.4, -0.2) is 5.75 Å². The van der Waals surface area contributed by atoms with E-state index in [9.17, 15) is 4.39 Å². The summed E-state index contributed by atoms with van der Waals surface area (Å²) >= 11 is 7.97. The Kier molecular flexibility index (Phi) is 4.29. The highest BCUT2D eigenvalue weighted by molar-refractivity contribution is 7.99. The molecule has 0 aromatic heterocycles. The second-order valence-corrected chi connectivity index (χ2v) is 6.45. The van der Waals surface area contributed by atoms with Crippen LogP contribution in [0.1, 0.15) is 23.6 Å². The number of rotatable bonds is 3. The van der Waals surface area contributed by atoms with E-state index in [0.29, 0.717) is 6.04 Å². The quantitative estimate of drug-likeness (QED) is 0.873. The van der Waals surface area contributed by atoms with Crippen molar-refractivity contribution in [2.45, 2.75) is 23.9 Å². The number of nitrogens with one attached hydrogen (secondary N) is 1. The molecule has 0 saturated heterocycles. The summed E-state index contributed by atoms with van der Waals surface area (Å²) in [5, 5.41) is 4.32. The molecule has 0 aliphatic carbocycles. The molecular formula is C16H15ClFNS. The van der Waals surface area contributed by atoms with E-state index >= 15 is 0 Å². The fraction of sp³-hybridized carbons (Fsp3) is 0.250. The van der Waals surface area contributed by atoms with Crippen molar-refractivity contribution in [3.8, 4) is 0 Å². The van der Waals surface area contributed by atoms with Gasteiger partial charge in [-0.1, -0.05) is 23.7 Å². The van der Waals surface area contributed by atoms with Crippen LogP contribution in [0.15, 0.2) is 47.4 Å². The van der Waals surface area contributed by atoms with Crippen molar-refractivity contribution >= 4 is 23.4 Å². The third-order valence-electron chi connectivity index (χ3n) is 3.48. The third-order valence-corrected chi connectivity index (χ3v) is 4.83. The van der Waals surface area contributed by atoms with Gasteiger partial charge in [0.25, 0.3) is 0 Å². The molecule has 3 rings (SSSR count). The lowest BCUT2D eigenvalue weighted by molar-refractivity contribution is 0.509. The molecule has 1 atom stereocenters. The zero-order valence-corrected chi connectivity index (χ0v) is 12.5. The second-order valence-electron chi connectivity index (χ2n) is 4.88. The molecule has 2 aromatic carbocycles. The predicted molar refractivity (Wildman–Crippen MR) is 82.8 cm³/mol. The lowest BCUT2D eigenvalue weighted by Gasteiger charge is -2.26. The van der Waals surface area contributed by atoms with Crippen molar-refractivity contribution in [3.05, 3.63) is 64.4 Å². The molecule has 0 radical (unpaired) electrons. The first-order valence-electron chi connectivity index (χ1n) is 6.62. The van der Waals surface area contributed by atoms with Gasteiger partial charge in [-0.2, -0.15) is 0 Å². The van der Waals surface area contributed by atoms with E-state index in [1.807, 2.05) is 36.0 Å². The topological polar surface area (TPSA) is 12.0 Å². The van der Waals surface area contributed by atoms with Crippen LogP contribution in [0.25, 0.3) is 0 Å². The van der Waals surface area contributed by atoms with Crippen LogP contribution in [0.5, 0.6) is 0 Å². The molecule has 104 valence electrons. The average molecular weight is 308 g/mol. The molecule has 1 unspecified atom stereocenters. The highest BCUT2D eigenvalue weighted by Crippen LogP contribution is 2.37. The van der Waals surface area contributed by atoms with E-state index < -0.39 is 0 Å². The Labute approximate surface area is 127 Å². The zero-order chi connectivity index (χ0) is 13.9. The Morgan fingerprint density at radius 1 is 1.20 bits per heavy atom. The Balaban J connectivity index is 1.73. The Morgan fingerprint density at radius 3 is 2.80 bits per heavy atom. The van der Waals surface area contributed by atoms with Crippen molar-refractivity contribution in [3.63, 3.8) is 0 Å². The van der Waals surface area contributed by atoms with Gasteiger partial charge in [-0.25, -0.2) is 4.39 Å². The van der Waals surface area contributed by atoms with Crippen LogP contribution >= 0.6 is 23.4 Å². The maximum absolute atomic E-state index is 12.9. The fourth-order valence-electron chi connectivity index (χ4n) is 2.42. The van der Waals surface area contributed by atoms with Gasteiger partial charge in [-0.15, -0.1) is 11.8 Å². The number of thioether (sulfide) groups is 1. The first-order valence-corrected chi connectivity index (χ1v) is 7.99. The zero-order valence-electron chi connectivity index (χ0n) is 10.9. The van der Waals surface area contributed by atoms with E-state index in [1.165, 1.54) is 22.6 Å². The number of fused-ring (bicyclic) bond motifs is 1. The summed E-state index contributed by atoms with van der Waals surface area (Å²) in [6, 6.07) is 13.0. The van der Waals surface area contributed by atoms with E-state index in [-0.39, 0.29) is 5.82 Å². The van der Waals surface area contributed by atoms with Crippen molar-refractivity contribution in [1.29, 1.82) is 0 Å². The largest absolute Gasteiger partial charge is 0.306 e. The molecule has 1 heterocycles. The average Bonchev–Trinajstić information content (AvgIpc) is 2.47. The summed E-state index contributed by atoms with van der Waals surface area (Å²) in [6.45, 7) is 0.738. The monoisotopic (exact) mass is 307 g/mol. The maximum Gasteiger partial charge on any atom is 0.123 e. The van der Waals surface area contributed by atoms with Crippen molar-refractivity contribution in [2.75, 3.05) is 5.75 Å². The van der Waals surface area contributed by atoms with Gasteiger partial charge in [0, 0.05) is 22.5 Å². The van der Waals surface area contributed by atoms with Gasteiger partial charge in [-0.3, -0.25) is 0 Å². The SMILES string of the molecule is Fc1ccc(CNC2CCSc3ccc(Cl)cc32)cc1. The van der Waals surface area contributed by atoms with Crippen LogP contribution in [0.4, 0.5) is 4.39 Å². The molecule has 1 aliphatic heterocycles. The van der Waals surface area contributed by atoms with Crippen LogP contribution in [0.2, 0.25) is 5.02 Å². The van der Waals surface area contributed by atoms with E-state index in [0.717, 1.165) is 29.3 Å². The molecule has 20 heavy (non-hydrogen) atoms. The summed E-state index contributed by atoms with van der Waals surface area (Å²) in [5.41, 5.74) is 2.36. The van der Waals surface area contributed by atoms with Gasteiger partial charge in [-0.05, 0) is 53.6 Å². The number of hydrogen-bond donors (Lipinski definition) is 1. The smallest absolute Gasteiger partial charge is 0.123 e. The summed E-state index contributed by atoms with van der Waals surface area (Å²) in [7, 11) is 0. The van der Waals surface area contributed by atoms with Gasteiger partial charge in [0.2, 0.25) is 0 Å². The minimum atomic E-state index is -0.194. The lowest BCUT2D eigenvalue weighted by atomic mass is 10.0. The Hall–Kier alpha value is -1.03. The van der Waals surface area contributed by atoms with Crippen LogP contribution < -0.4 is 5.32 Å². The molecule has 0 bridgehead atoms. The molecule has 0 spiro atoms. The van der Waals surface area contributed by atoms with Crippen LogP contribution in [0, 0.1) is 5.82 Å². The predicted octanol–water partition coefficient (Wildman–Crippen LogP) is 4.81. The van der Waals surface area contributed by atoms with Gasteiger partial charge in [0.05, 0.1) is 0 Å². The lowest BCUT2D eigenvalue weighted by Crippen LogP contribution is -2.24. The maximum atomic E-state index is 12.9. The summed E-state index contributed by atoms with van der Waals surface area (Å²) in [4.78, 5) is 1.30. The van der Waals surface area contributed by atoms with Crippen LogP contribution in [0.3, 0.4) is 0 Å². The standard InChI is InChI=1S/C16H15ClFNS/c17-12-3-6-16-14(9-12)15(7-8-20-16)19-10-11-1-4-13(18)5-2-11/h1-6,9,15,19H,7-8,10H2. The molecule has 1 N–H and O–H groups in total. The van der Waals surface area contributed by atoms with Crippen molar-refractivity contribution in [2.24, 2.45) is 0 Å². The normalized spacial score (nSPS) is 17.8. The molecule has 2 aromatic rings. The Bertz CT molecular complexity index is 600. The molecule has 4 heteroatoms.